The van der Waals surface area contributed by atoms with Crippen LogP contribution in [0.25, 0.3) is 22.6 Å². The summed E-state index contributed by atoms with van der Waals surface area (Å²) in [5.41, 5.74) is 4.59. The zero-order valence-corrected chi connectivity index (χ0v) is 18.8. The Morgan fingerprint density at radius 2 is 1.94 bits per heavy atom. The molecule has 0 radical (unpaired) electrons. The van der Waals surface area contributed by atoms with Crippen LogP contribution in [-0.4, -0.2) is 49.9 Å². The van der Waals surface area contributed by atoms with E-state index in [4.69, 9.17) is 4.74 Å². The average Bonchev–Trinajstić information content (AvgIpc) is 3.25. The second kappa shape index (κ2) is 9.80. The number of anilines is 2. The first-order chi connectivity index (χ1) is 16.7. The van der Waals surface area contributed by atoms with E-state index in [1.807, 2.05) is 36.4 Å². The van der Waals surface area contributed by atoms with Crippen molar-refractivity contribution in [3.8, 4) is 22.6 Å². The van der Waals surface area contributed by atoms with E-state index < -0.39 is 0 Å². The third-order valence-electron chi connectivity index (χ3n) is 5.59. The number of rotatable bonds is 6. The molecule has 1 aliphatic rings. The molecule has 1 saturated heterocycles. The summed E-state index contributed by atoms with van der Waals surface area (Å²) < 4.78 is 7.08. The molecule has 0 saturated carbocycles. The Labute approximate surface area is 197 Å². The van der Waals surface area contributed by atoms with Gasteiger partial charge in [-0.15, -0.1) is 0 Å². The number of amides is 1. The van der Waals surface area contributed by atoms with Crippen molar-refractivity contribution in [2.45, 2.75) is 18.9 Å². The minimum absolute atomic E-state index is 0.302. The molecule has 9 nitrogen and oxygen atoms in total. The highest BCUT2D eigenvalue weighted by atomic mass is 16.5. The lowest BCUT2D eigenvalue weighted by Crippen LogP contribution is -2.27. The molecule has 1 amide bonds. The number of pyridine rings is 3. The van der Waals surface area contributed by atoms with Crippen molar-refractivity contribution in [2.24, 2.45) is 7.05 Å². The van der Waals surface area contributed by atoms with Crippen molar-refractivity contribution in [3.05, 3.63) is 72.9 Å². The maximum Gasteiger partial charge on any atom is 0.274 e. The second-order valence-electron chi connectivity index (χ2n) is 8.14. The number of aromatic nitrogens is 5. The van der Waals surface area contributed by atoms with Crippen LogP contribution in [0, 0.1) is 0 Å². The Bertz CT molecular complexity index is 1280. The third kappa shape index (κ3) is 4.94. The molecule has 0 aliphatic carbocycles. The van der Waals surface area contributed by atoms with Gasteiger partial charge < -0.3 is 15.4 Å². The van der Waals surface area contributed by atoms with Crippen LogP contribution in [0.3, 0.4) is 0 Å². The van der Waals surface area contributed by atoms with Gasteiger partial charge in [0.2, 0.25) is 0 Å². The quantitative estimate of drug-likeness (QED) is 0.456. The minimum Gasteiger partial charge on any atom is -0.381 e. The molecule has 0 spiro atoms. The van der Waals surface area contributed by atoms with E-state index in [1.54, 1.807) is 42.6 Å². The van der Waals surface area contributed by atoms with Crippen LogP contribution in [0.4, 0.5) is 11.4 Å². The monoisotopic (exact) mass is 455 g/mol. The summed E-state index contributed by atoms with van der Waals surface area (Å²) in [6.07, 6.45) is 8.93. The molecule has 5 heterocycles. The van der Waals surface area contributed by atoms with Crippen LogP contribution in [0.15, 0.2) is 67.3 Å². The highest BCUT2D eigenvalue weighted by Crippen LogP contribution is 2.25. The van der Waals surface area contributed by atoms with Gasteiger partial charge in [-0.2, -0.15) is 5.10 Å². The first-order valence-corrected chi connectivity index (χ1v) is 11.2. The zero-order valence-electron chi connectivity index (χ0n) is 18.8. The molecule has 34 heavy (non-hydrogen) atoms. The number of hydrogen-bond acceptors (Lipinski definition) is 7. The van der Waals surface area contributed by atoms with Crippen LogP contribution >= 0.6 is 0 Å². The average molecular weight is 456 g/mol. The summed E-state index contributed by atoms with van der Waals surface area (Å²) in [4.78, 5) is 26.4. The van der Waals surface area contributed by atoms with E-state index >= 15 is 0 Å². The summed E-state index contributed by atoms with van der Waals surface area (Å²) in [5.74, 6) is -0.323. The number of nitrogens with one attached hydrogen (secondary N) is 2. The highest BCUT2D eigenvalue weighted by molar-refractivity contribution is 6.04. The van der Waals surface area contributed by atoms with Gasteiger partial charge in [-0.25, -0.2) is 4.98 Å². The lowest BCUT2D eigenvalue weighted by molar-refractivity contribution is 0.0904. The SMILES string of the molecule is Cn1cc(NC(=O)c2cccc(-c3cncc(NC4CCOCC4)c3)n2)c(-c2ccccn2)n1. The molecule has 4 aromatic rings. The van der Waals surface area contributed by atoms with Crippen LogP contribution in [-0.2, 0) is 11.8 Å². The molecule has 172 valence electrons. The fourth-order valence-electron chi connectivity index (χ4n) is 3.92. The van der Waals surface area contributed by atoms with Gasteiger partial charge in [-0.1, -0.05) is 12.1 Å². The Morgan fingerprint density at radius 1 is 1.09 bits per heavy atom. The smallest absolute Gasteiger partial charge is 0.274 e. The van der Waals surface area contributed by atoms with E-state index in [2.05, 4.69) is 30.7 Å². The lowest BCUT2D eigenvalue weighted by Gasteiger charge is -2.24. The Hall–Kier alpha value is -4.11. The summed E-state index contributed by atoms with van der Waals surface area (Å²) in [5, 5.41) is 10.9. The highest BCUT2D eigenvalue weighted by Gasteiger charge is 2.17. The third-order valence-corrected chi connectivity index (χ3v) is 5.59. The Balaban J connectivity index is 1.35. The predicted molar refractivity (Wildman–Crippen MR) is 129 cm³/mol. The minimum atomic E-state index is -0.323. The number of nitrogens with zero attached hydrogens (tertiary/aromatic N) is 5. The maximum atomic E-state index is 13.0. The van der Waals surface area contributed by atoms with Gasteiger partial charge >= 0.3 is 0 Å². The molecule has 0 atom stereocenters. The maximum absolute atomic E-state index is 13.0. The molecule has 0 bridgehead atoms. The number of aryl methyl sites for hydroxylation is 1. The fraction of sp³-hybridized carbons (Fsp3) is 0.240. The number of hydrogen-bond donors (Lipinski definition) is 2. The largest absolute Gasteiger partial charge is 0.381 e. The molecule has 2 N–H and O–H groups in total. The van der Waals surface area contributed by atoms with Crippen molar-refractivity contribution in [3.63, 3.8) is 0 Å². The molecule has 1 aliphatic heterocycles. The normalized spacial score (nSPS) is 14.0. The van der Waals surface area contributed by atoms with Gasteiger partial charge in [-0.05, 0) is 43.2 Å². The topological polar surface area (TPSA) is 107 Å². The fourth-order valence-corrected chi connectivity index (χ4v) is 3.92. The Kier molecular flexibility index (Phi) is 6.26. The summed E-state index contributed by atoms with van der Waals surface area (Å²) >= 11 is 0. The van der Waals surface area contributed by atoms with Crippen molar-refractivity contribution in [2.75, 3.05) is 23.8 Å². The lowest BCUT2D eigenvalue weighted by atomic mass is 10.1. The van der Waals surface area contributed by atoms with Gasteiger partial charge in [0.1, 0.15) is 11.4 Å². The Morgan fingerprint density at radius 3 is 2.76 bits per heavy atom. The van der Waals surface area contributed by atoms with Gasteiger partial charge in [0.05, 0.1) is 22.8 Å². The van der Waals surface area contributed by atoms with Gasteiger partial charge in [0, 0.05) is 56.7 Å². The van der Waals surface area contributed by atoms with Gasteiger partial charge in [-0.3, -0.25) is 19.4 Å². The van der Waals surface area contributed by atoms with Gasteiger partial charge in [0.25, 0.3) is 5.91 Å². The molecular weight excluding hydrogens is 430 g/mol. The predicted octanol–water partition coefficient (Wildman–Crippen LogP) is 3.78. The number of ether oxygens (including phenoxy) is 1. The van der Waals surface area contributed by atoms with Crippen molar-refractivity contribution >= 4 is 17.3 Å². The van der Waals surface area contributed by atoms with Crippen LogP contribution in [0.5, 0.6) is 0 Å². The zero-order chi connectivity index (χ0) is 23.3. The molecule has 1 fully saturated rings. The second-order valence-corrected chi connectivity index (χ2v) is 8.14. The van der Waals surface area contributed by atoms with E-state index in [0.29, 0.717) is 34.5 Å². The van der Waals surface area contributed by atoms with Crippen molar-refractivity contribution in [1.29, 1.82) is 0 Å². The van der Waals surface area contributed by atoms with E-state index in [0.717, 1.165) is 37.3 Å². The van der Waals surface area contributed by atoms with E-state index in [-0.39, 0.29) is 5.91 Å². The van der Waals surface area contributed by atoms with E-state index in [9.17, 15) is 4.79 Å². The molecule has 0 unspecified atom stereocenters. The van der Waals surface area contributed by atoms with E-state index in [1.165, 1.54) is 0 Å². The molecule has 5 rings (SSSR count). The first-order valence-electron chi connectivity index (χ1n) is 11.2. The van der Waals surface area contributed by atoms with Gasteiger partial charge in [0.15, 0.2) is 0 Å². The number of carbonyl (C=O) groups excluding carboxylic acids is 1. The molecule has 9 heteroatoms. The molecule has 4 aromatic heterocycles. The summed E-state index contributed by atoms with van der Waals surface area (Å²) in [6.45, 7) is 1.53. The number of carbonyl (C=O) groups is 1. The van der Waals surface area contributed by atoms with Crippen molar-refractivity contribution < 1.29 is 9.53 Å². The summed E-state index contributed by atoms with van der Waals surface area (Å²) in [7, 11) is 1.80. The van der Waals surface area contributed by atoms with Crippen molar-refractivity contribution in [1.82, 2.24) is 24.7 Å². The first kappa shape index (κ1) is 21.7. The standard InChI is InChI=1S/C25H25N7O2/c1-32-16-23(24(31-32)21-5-2-3-10-27-21)30-25(33)22-7-4-6-20(29-22)17-13-19(15-26-14-17)28-18-8-11-34-12-9-18/h2-7,10,13-16,18,28H,8-9,11-12H2,1H3,(H,30,33). The summed E-state index contributed by atoms with van der Waals surface area (Å²) in [6, 6.07) is 13.3. The molecule has 0 aromatic carbocycles. The molecular formula is C25H25N7O2. The van der Waals surface area contributed by atoms with Crippen LogP contribution in [0.1, 0.15) is 23.3 Å². The van der Waals surface area contributed by atoms with Crippen LogP contribution < -0.4 is 10.6 Å². The van der Waals surface area contributed by atoms with Crippen LogP contribution in [0.2, 0.25) is 0 Å².